The Morgan fingerprint density at radius 2 is 2.12 bits per heavy atom. The smallest absolute Gasteiger partial charge is 0.254 e. The van der Waals surface area contributed by atoms with Gasteiger partial charge in [0, 0.05) is 29.6 Å². The molecular formula is C12H15Cl2NO. The van der Waals surface area contributed by atoms with Crippen molar-refractivity contribution in [3.05, 3.63) is 34.3 Å². The van der Waals surface area contributed by atoms with Gasteiger partial charge in [-0.25, -0.2) is 0 Å². The number of nitrogens with zero attached hydrogens (tertiary/aromatic N) is 1. The number of amides is 1. The van der Waals surface area contributed by atoms with Crippen LogP contribution in [0.3, 0.4) is 0 Å². The maximum Gasteiger partial charge on any atom is 0.254 e. The van der Waals surface area contributed by atoms with Crippen molar-refractivity contribution in [2.75, 3.05) is 12.9 Å². The van der Waals surface area contributed by atoms with Gasteiger partial charge in [-0.2, -0.15) is 0 Å². The Morgan fingerprint density at radius 3 is 2.69 bits per heavy atom. The van der Waals surface area contributed by atoms with Crippen molar-refractivity contribution in [2.45, 2.75) is 19.9 Å². The van der Waals surface area contributed by atoms with Crippen LogP contribution in [0.1, 0.15) is 22.8 Å². The molecule has 0 radical (unpaired) electrons. The highest BCUT2D eigenvalue weighted by Crippen LogP contribution is 2.20. The zero-order valence-electron chi connectivity index (χ0n) is 9.63. The van der Waals surface area contributed by atoms with E-state index in [1.807, 2.05) is 13.8 Å². The van der Waals surface area contributed by atoms with E-state index in [4.69, 9.17) is 23.2 Å². The predicted molar refractivity (Wildman–Crippen MR) is 68.5 cm³/mol. The summed E-state index contributed by atoms with van der Waals surface area (Å²) in [5.41, 5.74) is 1.44. The fraction of sp³-hybridized carbons (Fsp3) is 0.417. The first-order valence-electron chi connectivity index (χ1n) is 5.07. The fourth-order valence-corrected chi connectivity index (χ4v) is 1.71. The second-order valence-corrected chi connectivity index (χ2v) is 4.55. The highest BCUT2D eigenvalue weighted by Gasteiger charge is 2.18. The number of halogens is 2. The maximum atomic E-state index is 12.1. The molecule has 1 amide bonds. The Bertz CT molecular complexity index is 393. The van der Waals surface area contributed by atoms with Crippen LogP contribution in [0.2, 0.25) is 5.02 Å². The number of hydrogen-bond donors (Lipinski definition) is 0. The number of hydrogen-bond acceptors (Lipinski definition) is 1. The summed E-state index contributed by atoms with van der Waals surface area (Å²) in [6.45, 7) is 3.75. The summed E-state index contributed by atoms with van der Waals surface area (Å²) in [6, 6.07) is 5.34. The summed E-state index contributed by atoms with van der Waals surface area (Å²) in [4.78, 5) is 13.8. The molecule has 16 heavy (non-hydrogen) atoms. The van der Waals surface area contributed by atoms with Crippen molar-refractivity contribution in [3.63, 3.8) is 0 Å². The summed E-state index contributed by atoms with van der Waals surface area (Å²) in [5.74, 6) is 0.370. The quantitative estimate of drug-likeness (QED) is 0.763. The molecule has 0 saturated carbocycles. The van der Waals surface area contributed by atoms with Gasteiger partial charge in [0.2, 0.25) is 0 Å². The van der Waals surface area contributed by atoms with Gasteiger partial charge in [-0.3, -0.25) is 4.79 Å². The first kappa shape index (κ1) is 13.3. The molecule has 0 aromatic heterocycles. The second kappa shape index (κ2) is 5.55. The van der Waals surface area contributed by atoms with E-state index < -0.39 is 0 Å². The molecule has 0 aliphatic carbocycles. The average Bonchev–Trinajstić information content (AvgIpc) is 2.29. The molecule has 1 atom stereocenters. The number of alkyl halides is 1. The van der Waals surface area contributed by atoms with Crippen molar-refractivity contribution in [3.8, 4) is 0 Å². The van der Waals surface area contributed by atoms with E-state index in [-0.39, 0.29) is 11.9 Å². The third-order valence-electron chi connectivity index (χ3n) is 2.70. The zero-order valence-corrected chi connectivity index (χ0v) is 11.1. The largest absolute Gasteiger partial charge is 0.338 e. The molecule has 0 bridgehead atoms. The summed E-state index contributed by atoms with van der Waals surface area (Å²) >= 11 is 11.7. The summed E-state index contributed by atoms with van der Waals surface area (Å²) in [5, 5.41) is 0.609. The normalized spacial score (nSPS) is 12.3. The molecule has 0 aliphatic heterocycles. The minimum absolute atomic E-state index is 0.00699. The van der Waals surface area contributed by atoms with Crippen molar-refractivity contribution in [1.82, 2.24) is 4.90 Å². The van der Waals surface area contributed by atoms with E-state index in [1.165, 1.54) is 0 Å². The van der Waals surface area contributed by atoms with Gasteiger partial charge in [-0.05, 0) is 31.5 Å². The Labute approximate surface area is 106 Å². The molecule has 1 aromatic carbocycles. The Morgan fingerprint density at radius 1 is 1.50 bits per heavy atom. The summed E-state index contributed by atoms with van der Waals surface area (Å²) in [6.07, 6.45) is 0. The highest BCUT2D eigenvalue weighted by molar-refractivity contribution is 6.31. The van der Waals surface area contributed by atoms with Crippen LogP contribution in [-0.2, 0) is 0 Å². The molecule has 1 rings (SSSR count). The molecule has 0 N–H and O–H groups in total. The molecule has 0 fully saturated rings. The Hall–Kier alpha value is -0.730. The monoisotopic (exact) mass is 259 g/mol. The van der Waals surface area contributed by atoms with Gasteiger partial charge in [0.05, 0.1) is 0 Å². The first-order valence-corrected chi connectivity index (χ1v) is 5.98. The van der Waals surface area contributed by atoms with Crippen LogP contribution in [0.5, 0.6) is 0 Å². The van der Waals surface area contributed by atoms with Gasteiger partial charge < -0.3 is 4.90 Å². The number of rotatable bonds is 3. The van der Waals surface area contributed by atoms with E-state index >= 15 is 0 Å². The summed E-state index contributed by atoms with van der Waals surface area (Å²) in [7, 11) is 1.75. The highest BCUT2D eigenvalue weighted by atomic mass is 35.5. The minimum atomic E-state index is -0.0480. The average molecular weight is 260 g/mol. The molecule has 0 aliphatic rings. The van der Waals surface area contributed by atoms with Gasteiger partial charge in [0.1, 0.15) is 0 Å². The van der Waals surface area contributed by atoms with Gasteiger partial charge in [-0.1, -0.05) is 17.7 Å². The lowest BCUT2D eigenvalue weighted by Crippen LogP contribution is -2.36. The second-order valence-electron chi connectivity index (χ2n) is 3.83. The van der Waals surface area contributed by atoms with Gasteiger partial charge in [0.15, 0.2) is 0 Å². The van der Waals surface area contributed by atoms with E-state index in [9.17, 15) is 4.79 Å². The van der Waals surface area contributed by atoms with Crippen LogP contribution in [0.4, 0.5) is 0 Å². The third-order valence-corrected chi connectivity index (χ3v) is 3.56. The van der Waals surface area contributed by atoms with E-state index in [2.05, 4.69) is 0 Å². The Balaban J connectivity index is 3.01. The van der Waals surface area contributed by atoms with Crippen LogP contribution in [0.25, 0.3) is 0 Å². The lowest BCUT2D eigenvalue weighted by Gasteiger charge is -2.24. The first-order chi connectivity index (χ1) is 7.49. The number of carbonyl (C=O) groups excluding carboxylic acids is 1. The maximum absolute atomic E-state index is 12.1. The molecule has 1 unspecified atom stereocenters. The lowest BCUT2D eigenvalue weighted by atomic mass is 10.1. The molecule has 1 aromatic rings. The van der Waals surface area contributed by atoms with E-state index in [0.29, 0.717) is 16.5 Å². The van der Waals surface area contributed by atoms with Gasteiger partial charge >= 0.3 is 0 Å². The van der Waals surface area contributed by atoms with Gasteiger partial charge in [0.25, 0.3) is 5.91 Å². The SMILES string of the molecule is Cc1c(Cl)cccc1C(=O)N(C)C(C)CCl. The van der Waals surface area contributed by atoms with Crippen molar-refractivity contribution in [1.29, 1.82) is 0 Å². The third kappa shape index (κ3) is 2.69. The van der Waals surface area contributed by atoms with Crippen molar-refractivity contribution >= 4 is 29.1 Å². The van der Waals surface area contributed by atoms with Crippen molar-refractivity contribution < 1.29 is 4.79 Å². The van der Waals surface area contributed by atoms with Crippen LogP contribution in [0, 0.1) is 6.92 Å². The standard InChI is InChI=1S/C12H15Cl2NO/c1-8(7-13)15(3)12(16)10-5-4-6-11(14)9(10)2/h4-6,8H,7H2,1-3H3. The molecule has 0 heterocycles. The van der Waals surface area contributed by atoms with Gasteiger partial charge in [-0.15, -0.1) is 11.6 Å². The predicted octanol–water partition coefficient (Wildman–Crippen LogP) is 3.35. The molecule has 0 saturated heterocycles. The molecule has 88 valence electrons. The van der Waals surface area contributed by atoms with Crippen LogP contribution >= 0.6 is 23.2 Å². The lowest BCUT2D eigenvalue weighted by molar-refractivity contribution is 0.0756. The van der Waals surface area contributed by atoms with E-state index in [0.717, 1.165) is 5.56 Å². The minimum Gasteiger partial charge on any atom is -0.338 e. The summed E-state index contributed by atoms with van der Waals surface area (Å²) < 4.78 is 0. The van der Waals surface area contributed by atoms with Crippen molar-refractivity contribution in [2.24, 2.45) is 0 Å². The zero-order chi connectivity index (χ0) is 12.3. The number of benzene rings is 1. The fourth-order valence-electron chi connectivity index (χ4n) is 1.33. The topological polar surface area (TPSA) is 20.3 Å². The van der Waals surface area contributed by atoms with Crippen LogP contribution in [0.15, 0.2) is 18.2 Å². The van der Waals surface area contributed by atoms with E-state index in [1.54, 1.807) is 30.1 Å². The molecular weight excluding hydrogens is 245 g/mol. The number of carbonyl (C=O) groups is 1. The van der Waals surface area contributed by atoms with Crippen LogP contribution in [-0.4, -0.2) is 29.8 Å². The molecule has 4 heteroatoms. The molecule has 0 spiro atoms. The van der Waals surface area contributed by atoms with Crippen LogP contribution < -0.4 is 0 Å². The Kier molecular flexibility index (Phi) is 4.63. The molecule has 2 nitrogen and oxygen atoms in total.